The lowest BCUT2D eigenvalue weighted by Crippen LogP contribution is -2.42. The number of anilines is 1. The number of carbonyl (C=O) groups is 1. The number of amides is 1. The Bertz CT molecular complexity index is 599. The fraction of sp³-hybridized carbons (Fsp3) is 0.333. The smallest absolute Gasteiger partial charge is 0.272 e. The topological polar surface area (TPSA) is 72.9 Å². The van der Waals surface area contributed by atoms with Crippen molar-refractivity contribution in [3.63, 3.8) is 0 Å². The number of aromatic nitrogens is 2. The van der Waals surface area contributed by atoms with Crippen LogP contribution in [0.3, 0.4) is 0 Å². The zero-order chi connectivity index (χ0) is 14.8. The maximum absolute atomic E-state index is 12.1. The van der Waals surface area contributed by atoms with E-state index in [2.05, 4.69) is 10.4 Å². The predicted octanol–water partition coefficient (Wildman–Crippen LogP) is 2.37. The van der Waals surface area contributed by atoms with Gasteiger partial charge < -0.3 is 11.1 Å². The second-order valence-corrected chi connectivity index (χ2v) is 5.43. The monoisotopic (exact) mass is 272 g/mol. The third-order valence-electron chi connectivity index (χ3n) is 3.32. The molecular formula is C15H20N4O. The number of hydrogen-bond acceptors (Lipinski definition) is 3. The van der Waals surface area contributed by atoms with Crippen molar-refractivity contribution in [2.45, 2.75) is 32.7 Å². The zero-order valence-corrected chi connectivity index (χ0v) is 12.1. The van der Waals surface area contributed by atoms with Gasteiger partial charge in [0.1, 0.15) is 0 Å². The van der Waals surface area contributed by atoms with E-state index >= 15 is 0 Å². The predicted molar refractivity (Wildman–Crippen MR) is 79.8 cm³/mol. The van der Waals surface area contributed by atoms with E-state index in [4.69, 9.17) is 5.73 Å². The number of nitrogens with one attached hydrogen (secondary N) is 1. The molecule has 0 saturated carbocycles. The van der Waals surface area contributed by atoms with Gasteiger partial charge in [-0.25, -0.2) is 4.68 Å². The summed E-state index contributed by atoms with van der Waals surface area (Å²) >= 11 is 0. The highest BCUT2D eigenvalue weighted by atomic mass is 16.2. The molecule has 1 aromatic heterocycles. The molecule has 5 nitrogen and oxygen atoms in total. The van der Waals surface area contributed by atoms with Crippen LogP contribution in [0.15, 0.2) is 36.5 Å². The summed E-state index contributed by atoms with van der Waals surface area (Å²) in [5.74, 6) is -0.161. The Morgan fingerprint density at radius 2 is 1.95 bits per heavy atom. The quantitative estimate of drug-likeness (QED) is 0.839. The molecule has 0 aliphatic rings. The summed E-state index contributed by atoms with van der Waals surface area (Å²) in [6.07, 6.45) is 2.62. The molecule has 2 aromatic rings. The van der Waals surface area contributed by atoms with Crippen LogP contribution in [0, 0.1) is 0 Å². The maximum atomic E-state index is 12.1. The minimum atomic E-state index is -0.234. The van der Waals surface area contributed by atoms with Crippen LogP contribution in [0.25, 0.3) is 5.69 Å². The number of benzene rings is 1. The molecule has 5 heteroatoms. The van der Waals surface area contributed by atoms with Crippen LogP contribution in [0.4, 0.5) is 5.69 Å². The number of nitrogen functional groups attached to an aromatic ring is 1. The fourth-order valence-electron chi connectivity index (χ4n) is 1.68. The highest BCUT2D eigenvalue weighted by molar-refractivity contribution is 5.92. The van der Waals surface area contributed by atoms with Crippen LogP contribution in [0.5, 0.6) is 0 Å². The number of nitrogens with two attached hydrogens (primary N) is 1. The van der Waals surface area contributed by atoms with Gasteiger partial charge in [0.2, 0.25) is 0 Å². The molecule has 1 aromatic carbocycles. The van der Waals surface area contributed by atoms with E-state index in [1.807, 2.05) is 32.9 Å². The summed E-state index contributed by atoms with van der Waals surface area (Å²) < 4.78 is 1.66. The number of nitrogens with zero attached hydrogens (tertiary/aromatic N) is 2. The van der Waals surface area contributed by atoms with Gasteiger partial charge in [-0.2, -0.15) is 5.10 Å². The summed E-state index contributed by atoms with van der Waals surface area (Å²) in [7, 11) is 0. The van der Waals surface area contributed by atoms with Crippen LogP contribution in [0.1, 0.15) is 37.7 Å². The molecule has 20 heavy (non-hydrogen) atoms. The molecule has 106 valence electrons. The first-order valence-electron chi connectivity index (χ1n) is 6.65. The maximum Gasteiger partial charge on any atom is 0.272 e. The summed E-state index contributed by atoms with van der Waals surface area (Å²) in [5, 5.41) is 7.25. The van der Waals surface area contributed by atoms with E-state index in [-0.39, 0.29) is 11.4 Å². The van der Waals surface area contributed by atoms with Crippen molar-refractivity contribution < 1.29 is 4.79 Å². The first-order valence-corrected chi connectivity index (χ1v) is 6.65. The van der Waals surface area contributed by atoms with Crippen LogP contribution >= 0.6 is 0 Å². The molecule has 0 spiro atoms. The molecule has 0 atom stereocenters. The van der Waals surface area contributed by atoms with E-state index in [0.29, 0.717) is 11.4 Å². The Balaban J connectivity index is 2.17. The third kappa shape index (κ3) is 3.17. The van der Waals surface area contributed by atoms with Crippen molar-refractivity contribution in [3.8, 4) is 5.69 Å². The second kappa shape index (κ2) is 5.36. The highest BCUT2D eigenvalue weighted by Gasteiger charge is 2.20. The lowest BCUT2D eigenvalue weighted by atomic mass is 10.0. The van der Waals surface area contributed by atoms with Gasteiger partial charge in [-0.15, -0.1) is 0 Å². The molecule has 0 bridgehead atoms. The zero-order valence-electron chi connectivity index (χ0n) is 12.1. The Labute approximate surface area is 118 Å². The van der Waals surface area contributed by atoms with Gasteiger partial charge in [-0.3, -0.25) is 4.79 Å². The average Bonchev–Trinajstić information content (AvgIpc) is 2.89. The van der Waals surface area contributed by atoms with Crippen molar-refractivity contribution in [1.82, 2.24) is 15.1 Å². The summed E-state index contributed by atoms with van der Waals surface area (Å²) in [6, 6.07) is 9.03. The van der Waals surface area contributed by atoms with Crippen molar-refractivity contribution in [3.05, 3.63) is 42.2 Å². The molecule has 0 fully saturated rings. The van der Waals surface area contributed by atoms with E-state index in [0.717, 1.165) is 12.1 Å². The van der Waals surface area contributed by atoms with E-state index in [1.165, 1.54) is 0 Å². The minimum Gasteiger partial charge on any atom is -0.399 e. The van der Waals surface area contributed by atoms with Crippen molar-refractivity contribution in [2.24, 2.45) is 0 Å². The summed E-state index contributed by atoms with van der Waals surface area (Å²) in [5.41, 5.74) is 7.39. The van der Waals surface area contributed by atoms with Crippen LogP contribution in [-0.2, 0) is 0 Å². The van der Waals surface area contributed by atoms with Gasteiger partial charge in [0, 0.05) is 17.4 Å². The standard InChI is InChI=1S/C15H20N4O/c1-4-15(2,3)17-14(20)13-9-10-19(18-13)12-7-5-11(16)6-8-12/h5-10H,4,16H2,1-3H3,(H,17,20). The van der Waals surface area contributed by atoms with Gasteiger partial charge in [0.15, 0.2) is 5.69 Å². The lowest BCUT2D eigenvalue weighted by Gasteiger charge is -2.23. The highest BCUT2D eigenvalue weighted by Crippen LogP contribution is 2.12. The average molecular weight is 272 g/mol. The Hall–Kier alpha value is -2.30. The van der Waals surface area contributed by atoms with Crippen molar-refractivity contribution >= 4 is 11.6 Å². The number of carbonyl (C=O) groups excluding carboxylic acids is 1. The molecule has 1 heterocycles. The first kappa shape index (κ1) is 14.1. The molecule has 2 rings (SSSR count). The fourth-order valence-corrected chi connectivity index (χ4v) is 1.68. The van der Waals surface area contributed by atoms with Crippen LogP contribution in [0.2, 0.25) is 0 Å². The first-order chi connectivity index (χ1) is 9.41. The van der Waals surface area contributed by atoms with Crippen molar-refractivity contribution in [1.29, 1.82) is 0 Å². The van der Waals surface area contributed by atoms with Gasteiger partial charge in [0.25, 0.3) is 5.91 Å². The SMILES string of the molecule is CCC(C)(C)NC(=O)c1ccn(-c2ccc(N)cc2)n1. The Kier molecular flexibility index (Phi) is 3.79. The second-order valence-electron chi connectivity index (χ2n) is 5.43. The Morgan fingerprint density at radius 3 is 2.55 bits per heavy atom. The molecule has 0 radical (unpaired) electrons. The normalized spacial score (nSPS) is 11.3. The third-order valence-corrected chi connectivity index (χ3v) is 3.32. The van der Waals surface area contributed by atoms with Gasteiger partial charge in [-0.05, 0) is 50.6 Å². The van der Waals surface area contributed by atoms with Crippen molar-refractivity contribution in [2.75, 3.05) is 5.73 Å². The largest absolute Gasteiger partial charge is 0.399 e. The van der Waals surface area contributed by atoms with Crippen LogP contribution < -0.4 is 11.1 Å². The Morgan fingerprint density at radius 1 is 1.30 bits per heavy atom. The molecule has 1 amide bonds. The van der Waals surface area contributed by atoms with Gasteiger partial charge >= 0.3 is 0 Å². The van der Waals surface area contributed by atoms with Gasteiger partial charge in [-0.1, -0.05) is 6.92 Å². The number of rotatable bonds is 4. The van der Waals surface area contributed by atoms with Gasteiger partial charge in [0.05, 0.1) is 5.69 Å². The van der Waals surface area contributed by atoms with E-state index < -0.39 is 0 Å². The number of hydrogen-bond donors (Lipinski definition) is 2. The summed E-state index contributed by atoms with van der Waals surface area (Å²) in [4.78, 5) is 12.1. The molecular weight excluding hydrogens is 252 g/mol. The lowest BCUT2D eigenvalue weighted by molar-refractivity contribution is 0.0905. The minimum absolute atomic E-state index is 0.161. The summed E-state index contributed by atoms with van der Waals surface area (Å²) in [6.45, 7) is 6.01. The molecule has 0 unspecified atom stereocenters. The molecule has 0 aliphatic carbocycles. The molecule has 0 aliphatic heterocycles. The molecule has 3 N–H and O–H groups in total. The van der Waals surface area contributed by atoms with Crippen LogP contribution in [-0.4, -0.2) is 21.2 Å². The van der Waals surface area contributed by atoms with E-state index in [1.54, 1.807) is 29.1 Å². The molecule has 0 saturated heterocycles. The van der Waals surface area contributed by atoms with E-state index in [9.17, 15) is 4.79 Å².